The molecule has 0 aliphatic carbocycles. The first-order valence-corrected chi connectivity index (χ1v) is 7.59. The molecule has 136 valence electrons. The summed E-state index contributed by atoms with van der Waals surface area (Å²) in [5, 5.41) is 19.0. The minimum absolute atomic E-state index is 0.0916. The molecule has 0 amide bonds. The first-order chi connectivity index (χ1) is 12.9. The minimum atomic E-state index is -1.59. The highest BCUT2D eigenvalue weighted by Gasteiger charge is 2.28. The summed E-state index contributed by atoms with van der Waals surface area (Å²) < 4.78 is 5.71. The number of pyridine rings is 2. The molecule has 9 heteroatoms. The number of anilines is 1. The number of nitrogen functional groups attached to an aromatic ring is 1. The van der Waals surface area contributed by atoms with Crippen molar-refractivity contribution >= 4 is 17.8 Å². The molecule has 0 fully saturated rings. The lowest BCUT2D eigenvalue weighted by molar-refractivity contribution is 0.0695. The van der Waals surface area contributed by atoms with Crippen LogP contribution in [0, 0.1) is 0 Å². The van der Waals surface area contributed by atoms with Crippen molar-refractivity contribution in [3.8, 4) is 22.6 Å². The van der Waals surface area contributed by atoms with E-state index in [0.29, 0.717) is 5.75 Å². The van der Waals surface area contributed by atoms with Crippen LogP contribution in [0.5, 0.6) is 11.5 Å². The van der Waals surface area contributed by atoms with Gasteiger partial charge in [-0.1, -0.05) is 18.2 Å². The van der Waals surface area contributed by atoms with Crippen LogP contribution in [0.2, 0.25) is 0 Å². The number of hydrogen-bond acceptors (Lipinski definition) is 6. The fourth-order valence-corrected chi connectivity index (χ4v) is 2.61. The summed E-state index contributed by atoms with van der Waals surface area (Å²) in [5.74, 6) is -3.05. The van der Waals surface area contributed by atoms with Gasteiger partial charge >= 0.3 is 11.9 Å². The zero-order chi connectivity index (χ0) is 19.6. The van der Waals surface area contributed by atoms with Gasteiger partial charge in [0, 0.05) is 17.3 Å². The molecule has 0 spiro atoms. The first kappa shape index (κ1) is 17.7. The number of hydrogen-bond donors (Lipinski definition) is 4. The fourth-order valence-electron chi connectivity index (χ4n) is 2.61. The molecule has 0 bridgehead atoms. The Morgan fingerprint density at radius 3 is 2.37 bits per heavy atom. The van der Waals surface area contributed by atoms with Gasteiger partial charge in [-0.2, -0.15) is 0 Å². The average molecular weight is 367 g/mol. The van der Waals surface area contributed by atoms with Crippen molar-refractivity contribution in [2.24, 2.45) is 0 Å². The molecule has 3 rings (SSSR count). The van der Waals surface area contributed by atoms with Crippen molar-refractivity contribution < 1.29 is 24.5 Å². The number of benzene rings is 1. The molecule has 2 aromatic heterocycles. The highest BCUT2D eigenvalue weighted by atomic mass is 16.5. The van der Waals surface area contributed by atoms with Crippen LogP contribution in [0.25, 0.3) is 11.1 Å². The molecule has 0 aliphatic rings. The zero-order valence-electron chi connectivity index (χ0n) is 13.7. The molecule has 0 saturated heterocycles. The van der Waals surface area contributed by atoms with Crippen molar-refractivity contribution in [2.45, 2.75) is 0 Å². The number of aromatic amines is 1. The van der Waals surface area contributed by atoms with Crippen LogP contribution in [0.15, 0.2) is 53.6 Å². The van der Waals surface area contributed by atoms with E-state index in [1.165, 1.54) is 18.3 Å². The molecule has 0 atom stereocenters. The van der Waals surface area contributed by atoms with Crippen LogP contribution in [0.4, 0.5) is 5.82 Å². The number of carboxylic acid groups (broad SMARTS) is 2. The van der Waals surface area contributed by atoms with Gasteiger partial charge in [0.1, 0.15) is 28.4 Å². The number of H-pyrrole nitrogens is 1. The van der Waals surface area contributed by atoms with Gasteiger partial charge in [0.2, 0.25) is 0 Å². The lowest BCUT2D eigenvalue weighted by Gasteiger charge is -2.15. The summed E-state index contributed by atoms with van der Waals surface area (Å²) in [6.07, 6.45) is 2.97. The number of aromatic carboxylic acids is 2. The summed E-state index contributed by atoms with van der Waals surface area (Å²) in [6.45, 7) is 0. The monoisotopic (exact) mass is 367 g/mol. The third kappa shape index (κ3) is 3.33. The Bertz CT molecular complexity index is 1090. The third-order valence-electron chi connectivity index (χ3n) is 3.69. The normalized spacial score (nSPS) is 10.4. The minimum Gasteiger partial charge on any atom is -0.478 e. The standard InChI is InChI=1S/C18H13N3O6/c19-15-13(17(23)24)12(14(18(25)26)16(22)21-15)10-5-1-2-6-11(10)27-9-4-3-7-20-8-9/h1-8H,(H,23,24)(H,25,26)(H3,19,21,22). The Hall–Kier alpha value is -4.14. The number of rotatable bonds is 5. The molecule has 0 aliphatic heterocycles. The SMILES string of the molecule is Nc1[nH]c(=O)c(C(=O)O)c(-c2ccccc2Oc2cccnc2)c1C(=O)O. The highest BCUT2D eigenvalue weighted by Crippen LogP contribution is 2.37. The van der Waals surface area contributed by atoms with Crippen LogP contribution < -0.4 is 16.0 Å². The molecule has 0 radical (unpaired) electrons. The molecule has 3 aromatic rings. The van der Waals surface area contributed by atoms with Crippen LogP contribution in [-0.4, -0.2) is 32.1 Å². The quantitative estimate of drug-likeness (QED) is 0.535. The lowest BCUT2D eigenvalue weighted by atomic mass is 9.94. The molecular formula is C18H13N3O6. The zero-order valence-corrected chi connectivity index (χ0v) is 13.7. The summed E-state index contributed by atoms with van der Waals surface area (Å²) in [6, 6.07) is 9.38. The molecule has 27 heavy (non-hydrogen) atoms. The van der Waals surface area contributed by atoms with Crippen LogP contribution in [0.3, 0.4) is 0 Å². The summed E-state index contributed by atoms with van der Waals surface area (Å²) >= 11 is 0. The van der Waals surface area contributed by atoms with E-state index in [-0.39, 0.29) is 16.9 Å². The van der Waals surface area contributed by atoms with Gasteiger partial charge in [0.05, 0.1) is 6.20 Å². The molecule has 0 unspecified atom stereocenters. The largest absolute Gasteiger partial charge is 0.478 e. The van der Waals surface area contributed by atoms with Crippen molar-refractivity contribution in [2.75, 3.05) is 5.73 Å². The second kappa shape index (κ2) is 7.00. The maximum atomic E-state index is 12.2. The second-order valence-electron chi connectivity index (χ2n) is 5.39. The molecule has 9 nitrogen and oxygen atoms in total. The smallest absolute Gasteiger partial charge is 0.342 e. The Morgan fingerprint density at radius 2 is 1.74 bits per heavy atom. The van der Waals surface area contributed by atoms with Crippen molar-refractivity contribution in [1.29, 1.82) is 0 Å². The summed E-state index contributed by atoms with van der Waals surface area (Å²) in [4.78, 5) is 41.5. The maximum Gasteiger partial charge on any atom is 0.342 e. The lowest BCUT2D eigenvalue weighted by Crippen LogP contribution is -2.24. The van der Waals surface area contributed by atoms with E-state index in [4.69, 9.17) is 10.5 Å². The second-order valence-corrected chi connectivity index (χ2v) is 5.39. The third-order valence-corrected chi connectivity index (χ3v) is 3.69. The first-order valence-electron chi connectivity index (χ1n) is 7.59. The number of para-hydroxylation sites is 1. The average Bonchev–Trinajstić information content (AvgIpc) is 2.61. The number of ether oxygens (including phenoxy) is 1. The number of carbonyl (C=O) groups is 2. The van der Waals surface area contributed by atoms with E-state index in [1.807, 2.05) is 0 Å². The number of carboxylic acids is 2. The summed E-state index contributed by atoms with van der Waals surface area (Å²) in [5.41, 5.74) is 3.11. The van der Waals surface area contributed by atoms with Gasteiger partial charge < -0.3 is 25.7 Å². The fraction of sp³-hybridized carbons (Fsp3) is 0. The highest BCUT2D eigenvalue weighted by molar-refractivity contribution is 6.08. The maximum absolute atomic E-state index is 12.2. The van der Waals surface area contributed by atoms with E-state index >= 15 is 0 Å². The van der Waals surface area contributed by atoms with Gasteiger partial charge in [-0.3, -0.25) is 9.78 Å². The predicted octanol–water partition coefficient (Wildman–Crippen LogP) is 2.21. The number of aromatic nitrogens is 2. The molecular weight excluding hydrogens is 354 g/mol. The van der Waals surface area contributed by atoms with Crippen molar-refractivity contribution in [3.63, 3.8) is 0 Å². The molecule has 5 N–H and O–H groups in total. The Labute approximate surface area is 151 Å². The van der Waals surface area contributed by atoms with E-state index in [9.17, 15) is 24.6 Å². The van der Waals surface area contributed by atoms with Crippen LogP contribution >= 0.6 is 0 Å². The van der Waals surface area contributed by atoms with Gasteiger partial charge in [-0.25, -0.2) is 9.59 Å². The van der Waals surface area contributed by atoms with E-state index in [1.54, 1.807) is 30.5 Å². The van der Waals surface area contributed by atoms with Gasteiger partial charge in [0.15, 0.2) is 0 Å². The molecule has 0 saturated carbocycles. The number of nitrogens with zero attached hydrogens (tertiary/aromatic N) is 1. The topological polar surface area (TPSA) is 156 Å². The summed E-state index contributed by atoms with van der Waals surface area (Å²) in [7, 11) is 0. The van der Waals surface area contributed by atoms with E-state index in [2.05, 4.69) is 9.97 Å². The number of nitrogens with one attached hydrogen (secondary N) is 1. The Balaban J connectivity index is 2.33. The van der Waals surface area contributed by atoms with Crippen molar-refractivity contribution in [3.05, 3.63) is 70.3 Å². The Morgan fingerprint density at radius 1 is 1.04 bits per heavy atom. The molecule has 1 aromatic carbocycles. The van der Waals surface area contributed by atoms with Crippen LogP contribution in [-0.2, 0) is 0 Å². The molecule has 2 heterocycles. The van der Waals surface area contributed by atoms with E-state index in [0.717, 1.165) is 0 Å². The van der Waals surface area contributed by atoms with Gasteiger partial charge in [0.25, 0.3) is 5.56 Å². The van der Waals surface area contributed by atoms with Crippen molar-refractivity contribution in [1.82, 2.24) is 9.97 Å². The van der Waals surface area contributed by atoms with Gasteiger partial charge in [-0.05, 0) is 18.2 Å². The number of nitrogens with two attached hydrogens (primary N) is 1. The van der Waals surface area contributed by atoms with Gasteiger partial charge in [-0.15, -0.1) is 0 Å². The Kier molecular flexibility index (Phi) is 4.58. The van der Waals surface area contributed by atoms with Crippen LogP contribution in [0.1, 0.15) is 20.7 Å². The predicted molar refractivity (Wildman–Crippen MR) is 95.1 cm³/mol. The van der Waals surface area contributed by atoms with E-state index < -0.39 is 34.4 Å².